The minimum Gasteiger partial charge on any atom is -0.351 e. The second-order valence-corrected chi connectivity index (χ2v) is 5.54. The molecule has 2 aromatic rings. The molecule has 0 aliphatic rings. The van der Waals surface area contributed by atoms with Crippen molar-refractivity contribution in [2.24, 2.45) is 5.73 Å². The Balaban J connectivity index is 2.29. The minimum atomic E-state index is -0.855. The molecule has 0 spiro atoms. The number of urea groups is 1. The summed E-state index contributed by atoms with van der Waals surface area (Å²) < 4.78 is 0. The number of fused-ring (bicyclic) bond motifs is 1. The summed E-state index contributed by atoms with van der Waals surface area (Å²) in [6, 6.07) is 6.72. The van der Waals surface area contributed by atoms with Gasteiger partial charge >= 0.3 is 6.03 Å². The van der Waals surface area contributed by atoms with Gasteiger partial charge in [0.05, 0.1) is 10.8 Å². The monoisotopic (exact) mass is 290 g/mol. The van der Waals surface area contributed by atoms with Crippen molar-refractivity contribution in [3.63, 3.8) is 0 Å². The van der Waals surface area contributed by atoms with Gasteiger partial charge in [-0.2, -0.15) is 0 Å². The fraction of sp³-hybridized carbons (Fsp3) is 0.231. The number of para-hydroxylation sites is 1. The average molecular weight is 290 g/mol. The Hall–Kier alpha value is -2.15. The molecule has 1 aromatic heterocycles. The number of hydrogen-bond donors (Lipinski definition) is 2. The van der Waals surface area contributed by atoms with E-state index in [0.29, 0.717) is 10.9 Å². The van der Waals surface area contributed by atoms with Gasteiger partial charge < -0.3 is 5.73 Å². The summed E-state index contributed by atoms with van der Waals surface area (Å²) in [4.78, 5) is 31.1. The number of carbonyl (C=O) groups excluding carboxylic acids is 2. The first-order valence-electron chi connectivity index (χ1n) is 5.97. The summed E-state index contributed by atoms with van der Waals surface area (Å²) in [6.45, 7) is 3.49. The molecular weight excluding hydrogens is 276 g/mol. The Bertz CT molecular complexity index is 674. The number of hydrogen-bond acceptors (Lipinski definition) is 5. The summed E-state index contributed by atoms with van der Waals surface area (Å²) in [6.07, 6.45) is 0. The third kappa shape index (κ3) is 3.24. The number of nitrogens with zero attached hydrogens (tertiary/aromatic N) is 2. The molecule has 2 rings (SSSR count). The summed E-state index contributed by atoms with van der Waals surface area (Å²) in [5.74, 6) is 0.191. The van der Waals surface area contributed by atoms with Gasteiger partial charge in [0.2, 0.25) is 5.91 Å². The van der Waals surface area contributed by atoms with Crippen molar-refractivity contribution >= 4 is 34.6 Å². The Labute approximate surface area is 120 Å². The number of imide groups is 1. The van der Waals surface area contributed by atoms with Gasteiger partial charge in [-0.25, -0.2) is 14.8 Å². The standard InChI is InChI=1S/C13H14N4O2S/c1-7(11(18)17-13(14)19)20-12-9-5-3-4-6-10(9)15-8(2)16-12/h3-7H,1-2H3,(H3,14,17,18,19)/t7-/m1/s1. The first-order valence-corrected chi connectivity index (χ1v) is 6.85. The number of nitrogens with one attached hydrogen (secondary N) is 1. The Kier molecular flexibility index (Phi) is 4.19. The number of rotatable bonds is 3. The van der Waals surface area contributed by atoms with Gasteiger partial charge in [-0.05, 0) is 19.9 Å². The molecule has 0 aliphatic carbocycles. The van der Waals surface area contributed by atoms with Gasteiger partial charge in [0.25, 0.3) is 0 Å². The van der Waals surface area contributed by atoms with Gasteiger partial charge in [0.15, 0.2) is 0 Å². The average Bonchev–Trinajstić information content (AvgIpc) is 2.37. The van der Waals surface area contributed by atoms with Gasteiger partial charge in [-0.15, -0.1) is 0 Å². The molecule has 7 heteroatoms. The van der Waals surface area contributed by atoms with Crippen LogP contribution >= 0.6 is 11.8 Å². The van der Waals surface area contributed by atoms with Gasteiger partial charge in [-0.3, -0.25) is 10.1 Å². The van der Waals surface area contributed by atoms with E-state index in [0.717, 1.165) is 10.9 Å². The lowest BCUT2D eigenvalue weighted by molar-refractivity contribution is -0.119. The predicted octanol–water partition coefficient (Wildman–Crippen LogP) is 1.61. The summed E-state index contributed by atoms with van der Waals surface area (Å²) >= 11 is 1.27. The third-order valence-corrected chi connectivity index (χ3v) is 3.69. The maximum atomic E-state index is 11.7. The number of aromatic nitrogens is 2. The van der Waals surface area contributed by atoms with Crippen molar-refractivity contribution in [2.45, 2.75) is 24.1 Å². The second-order valence-electron chi connectivity index (χ2n) is 4.21. The number of thioether (sulfide) groups is 1. The van der Waals surface area contributed by atoms with Crippen molar-refractivity contribution in [1.82, 2.24) is 15.3 Å². The van der Waals surface area contributed by atoms with E-state index in [9.17, 15) is 9.59 Å². The van der Waals surface area contributed by atoms with Crippen molar-refractivity contribution < 1.29 is 9.59 Å². The van der Waals surface area contributed by atoms with Crippen LogP contribution in [0.15, 0.2) is 29.3 Å². The molecule has 0 fully saturated rings. The maximum Gasteiger partial charge on any atom is 0.318 e. The number of aryl methyl sites for hydroxylation is 1. The topological polar surface area (TPSA) is 98.0 Å². The molecule has 1 atom stereocenters. The fourth-order valence-electron chi connectivity index (χ4n) is 1.69. The molecule has 20 heavy (non-hydrogen) atoms. The maximum absolute atomic E-state index is 11.7. The van der Waals surface area contributed by atoms with Gasteiger partial charge in [-0.1, -0.05) is 30.0 Å². The van der Waals surface area contributed by atoms with Crippen LogP contribution in [0.2, 0.25) is 0 Å². The van der Waals surface area contributed by atoms with E-state index in [1.54, 1.807) is 13.8 Å². The molecule has 0 aliphatic heterocycles. The normalized spacial score (nSPS) is 12.1. The Morgan fingerprint density at radius 1 is 1.30 bits per heavy atom. The molecule has 0 unspecified atom stereocenters. The smallest absolute Gasteiger partial charge is 0.318 e. The number of primary amides is 1. The highest BCUT2D eigenvalue weighted by atomic mass is 32.2. The van der Waals surface area contributed by atoms with Crippen LogP contribution in [0.4, 0.5) is 4.79 Å². The molecule has 3 amide bonds. The summed E-state index contributed by atoms with van der Waals surface area (Å²) in [5.41, 5.74) is 5.76. The first-order chi connectivity index (χ1) is 9.47. The van der Waals surface area contributed by atoms with Crippen LogP contribution in [0.1, 0.15) is 12.7 Å². The van der Waals surface area contributed by atoms with Crippen LogP contribution in [-0.2, 0) is 4.79 Å². The Morgan fingerprint density at radius 3 is 2.70 bits per heavy atom. The molecule has 0 bridgehead atoms. The number of benzene rings is 1. The zero-order valence-corrected chi connectivity index (χ0v) is 11.9. The van der Waals surface area contributed by atoms with Crippen LogP contribution in [0.25, 0.3) is 10.9 Å². The van der Waals surface area contributed by atoms with Crippen molar-refractivity contribution in [1.29, 1.82) is 0 Å². The highest BCUT2D eigenvalue weighted by molar-refractivity contribution is 8.00. The van der Waals surface area contributed by atoms with Crippen LogP contribution in [0, 0.1) is 6.92 Å². The first kappa shape index (κ1) is 14.3. The minimum absolute atomic E-state index is 0.442. The zero-order valence-electron chi connectivity index (χ0n) is 11.1. The second kappa shape index (κ2) is 5.87. The lowest BCUT2D eigenvalue weighted by atomic mass is 10.2. The lowest BCUT2D eigenvalue weighted by Gasteiger charge is -2.11. The molecule has 0 saturated heterocycles. The van der Waals surface area contributed by atoms with E-state index in [4.69, 9.17) is 5.73 Å². The van der Waals surface area contributed by atoms with Crippen LogP contribution in [-0.4, -0.2) is 27.2 Å². The van der Waals surface area contributed by atoms with E-state index in [2.05, 4.69) is 15.3 Å². The van der Waals surface area contributed by atoms with Crippen molar-refractivity contribution in [3.8, 4) is 0 Å². The number of nitrogens with two attached hydrogens (primary N) is 1. The van der Waals surface area contributed by atoms with E-state index < -0.39 is 17.2 Å². The highest BCUT2D eigenvalue weighted by Crippen LogP contribution is 2.28. The van der Waals surface area contributed by atoms with E-state index in [1.807, 2.05) is 24.3 Å². The van der Waals surface area contributed by atoms with Crippen LogP contribution in [0.5, 0.6) is 0 Å². The SMILES string of the molecule is Cc1nc(S[C@H](C)C(=O)NC(N)=O)c2ccccc2n1. The predicted molar refractivity (Wildman–Crippen MR) is 77.3 cm³/mol. The summed E-state index contributed by atoms with van der Waals surface area (Å²) in [7, 11) is 0. The molecule has 1 heterocycles. The number of amides is 3. The van der Waals surface area contributed by atoms with E-state index in [1.165, 1.54) is 11.8 Å². The van der Waals surface area contributed by atoms with E-state index in [-0.39, 0.29) is 0 Å². The molecule has 6 nitrogen and oxygen atoms in total. The quantitative estimate of drug-likeness (QED) is 0.661. The zero-order chi connectivity index (χ0) is 14.7. The van der Waals surface area contributed by atoms with Crippen LogP contribution < -0.4 is 11.1 Å². The largest absolute Gasteiger partial charge is 0.351 e. The third-order valence-electron chi connectivity index (χ3n) is 2.58. The van der Waals surface area contributed by atoms with E-state index >= 15 is 0 Å². The van der Waals surface area contributed by atoms with Gasteiger partial charge in [0.1, 0.15) is 10.9 Å². The van der Waals surface area contributed by atoms with Crippen molar-refractivity contribution in [3.05, 3.63) is 30.1 Å². The molecular formula is C13H14N4O2S. The van der Waals surface area contributed by atoms with Crippen molar-refractivity contribution in [2.75, 3.05) is 0 Å². The molecule has 104 valence electrons. The molecule has 3 N–H and O–H groups in total. The Morgan fingerprint density at radius 2 is 2.00 bits per heavy atom. The number of carbonyl (C=O) groups is 2. The highest BCUT2D eigenvalue weighted by Gasteiger charge is 2.18. The van der Waals surface area contributed by atoms with Crippen LogP contribution in [0.3, 0.4) is 0 Å². The van der Waals surface area contributed by atoms with Gasteiger partial charge in [0, 0.05) is 5.39 Å². The summed E-state index contributed by atoms with van der Waals surface area (Å²) in [5, 5.41) is 3.16. The molecule has 0 radical (unpaired) electrons. The lowest BCUT2D eigenvalue weighted by Crippen LogP contribution is -2.39. The molecule has 1 aromatic carbocycles. The molecule has 0 saturated carbocycles. The fourth-order valence-corrected chi connectivity index (χ4v) is 2.68.